The molecule has 1 aromatic carbocycles. The van der Waals surface area contributed by atoms with E-state index in [9.17, 15) is 19.2 Å². The third-order valence-corrected chi connectivity index (χ3v) is 7.56. The summed E-state index contributed by atoms with van der Waals surface area (Å²) in [7, 11) is 1.35. The lowest BCUT2D eigenvalue weighted by atomic mass is 10.1. The Kier molecular flexibility index (Phi) is 10.3. The molecule has 2 atom stereocenters. The summed E-state index contributed by atoms with van der Waals surface area (Å²) < 4.78 is 11.7. The van der Waals surface area contributed by atoms with Gasteiger partial charge < -0.3 is 30.8 Å². The summed E-state index contributed by atoms with van der Waals surface area (Å²) >= 11 is 0. The number of nitrogens with one attached hydrogen (secondary N) is 1. The van der Waals surface area contributed by atoms with Crippen LogP contribution in [0.5, 0.6) is 6.01 Å². The first-order chi connectivity index (χ1) is 20.7. The molecule has 232 valence electrons. The van der Waals surface area contributed by atoms with Crippen molar-refractivity contribution in [2.24, 2.45) is 5.73 Å². The number of ether oxygens (including phenoxy) is 2. The van der Waals surface area contributed by atoms with Gasteiger partial charge in [0.25, 0.3) is 0 Å². The Morgan fingerprint density at radius 2 is 1.84 bits per heavy atom. The Labute approximate surface area is 249 Å². The SMILES string of the molecule is CCCCOc1nc(N)c2[nH]c(=O)n(C3CCN(CC(=O)N(CCC)Cc4ccc(CC(=O)OC)cc4)[C@H]3C(N)=O)c2n1. The van der Waals surface area contributed by atoms with Crippen molar-refractivity contribution in [3.63, 3.8) is 0 Å². The van der Waals surface area contributed by atoms with E-state index in [4.69, 9.17) is 20.9 Å². The quantitative estimate of drug-likeness (QED) is 0.180. The number of amides is 2. The standard InChI is InChI=1S/C29H40N8O6/c1-4-6-14-43-28-33-25(30)23-27(34-28)37(29(41)32-23)20-11-13-36(24(20)26(31)40)17-21(38)35(12-5-2)16-19-9-7-18(8-10-19)15-22(39)42-3/h7-10,20,24H,4-6,11-17H2,1-3H3,(H2,31,40)(H,32,41)(H2,30,33,34)/t20?,24-/m1/s1. The van der Waals surface area contributed by atoms with Gasteiger partial charge in [-0.2, -0.15) is 9.97 Å². The van der Waals surface area contributed by atoms with E-state index in [-0.39, 0.29) is 47.8 Å². The van der Waals surface area contributed by atoms with Crippen LogP contribution in [0.4, 0.5) is 5.82 Å². The largest absolute Gasteiger partial charge is 0.469 e. The number of primary amides is 1. The zero-order chi connectivity index (χ0) is 31.1. The molecule has 43 heavy (non-hydrogen) atoms. The van der Waals surface area contributed by atoms with E-state index in [0.29, 0.717) is 32.7 Å². The number of nitrogens with zero attached hydrogens (tertiary/aromatic N) is 5. The molecule has 0 aliphatic carbocycles. The molecule has 0 spiro atoms. The van der Waals surface area contributed by atoms with Gasteiger partial charge >= 0.3 is 17.7 Å². The number of carbonyl (C=O) groups excluding carboxylic acids is 3. The summed E-state index contributed by atoms with van der Waals surface area (Å²) in [5, 5.41) is 0. The number of rotatable bonds is 14. The number of nitrogen functional groups attached to an aromatic ring is 1. The summed E-state index contributed by atoms with van der Waals surface area (Å²) in [6.45, 7) is 5.60. The maximum atomic E-state index is 13.5. The molecule has 1 aliphatic heterocycles. The van der Waals surface area contributed by atoms with Crippen molar-refractivity contribution < 1.29 is 23.9 Å². The Balaban J connectivity index is 1.53. The van der Waals surface area contributed by atoms with Gasteiger partial charge in [-0.1, -0.05) is 44.5 Å². The average molecular weight is 597 g/mol. The number of carbonyl (C=O) groups is 3. The fourth-order valence-electron chi connectivity index (χ4n) is 5.40. The van der Waals surface area contributed by atoms with E-state index in [1.165, 1.54) is 11.7 Å². The van der Waals surface area contributed by atoms with Gasteiger partial charge in [-0.25, -0.2) is 4.79 Å². The summed E-state index contributed by atoms with van der Waals surface area (Å²) in [4.78, 5) is 65.7. The van der Waals surface area contributed by atoms with Gasteiger partial charge in [0.2, 0.25) is 11.8 Å². The first-order valence-corrected chi connectivity index (χ1v) is 14.5. The van der Waals surface area contributed by atoms with E-state index >= 15 is 0 Å². The van der Waals surface area contributed by atoms with Gasteiger partial charge in [-0.05, 0) is 30.4 Å². The van der Waals surface area contributed by atoms with E-state index in [1.54, 1.807) is 9.80 Å². The number of aromatic nitrogens is 4. The van der Waals surface area contributed by atoms with E-state index in [2.05, 4.69) is 15.0 Å². The summed E-state index contributed by atoms with van der Waals surface area (Å²) in [5.41, 5.74) is 13.6. The minimum atomic E-state index is -0.928. The zero-order valence-electron chi connectivity index (χ0n) is 24.9. The van der Waals surface area contributed by atoms with Crippen molar-refractivity contribution in [3.8, 4) is 6.01 Å². The Morgan fingerprint density at radius 1 is 1.12 bits per heavy atom. The highest BCUT2D eigenvalue weighted by molar-refractivity contribution is 5.85. The number of methoxy groups -OCH3 is 1. The molecule has 0 bridgehead atoms. The minimum absolute atomic E-state index is 0.0420. The van der Waals surface area contributed by atoms with Crippen LogP contribution < -0.4 is 21.9 Å². The Morgan fingerprint density at radius 3 is 2.49 bits per heavy atom. The monoisotopic (exact) mass is 596 g/mol. The van der Waals surface area contributed by atoms with Crippen molar-refractivity contribution in [1.29, 1.82) is 0 Å². The maximum Gasteiger partial charge on any atom is 0.328 e. The number of hydrogen-bond donors (Lipinski definition) is 3. The molecule has 14 nitrogen and oxygen atoms in total. The smallest absolute Gasteiger partial charge is 0.328 e. The number of hydrogen-bond acceptors (Lipinski definition) is 10. The molecule has 3 heterocycles. The number of anilines is 1. The van der Waals surface area contributed by atoms with Crippen LogP contribution in [0.25, 0.3) is 11.2 Å². The number of fused-ring (bicyclic) bond motifs is 1. The van der Waals surface area contributed by atoms with Crippen LogP contribution in [0.1, 0.15) is 56.7 Å². The molecule has 14 heteroatoms. The van der Waals surface area contributed by atoms with Crippen LogP contribution in [-0.4, -0.2) is 86.5 Å². The number of unbranched alkanes of at least 4 members (excludes halogenated alkanes) is 1. The first kappa shape index (κ1) is 31.5. The van der Waals surface area contributed by atoms with Gasteiger partial charge in [0.05, 0.1) is 32.7 Å². The predicted molar refractivity (Wildman–Crippen MR) is 159 cm³/mol. The topological polar surface area (TPSA) is 192 Å². The Bertz CT molecular complexity index is 1500. The molecule has 2 aromatic heterocycles. The lowest BCUT2D eigenvalue weighted by Gasteiger charge is -2.29. The van der Waals surface area contributed by atoms with Gasteiger partial charge in [0.15, 0.2) is 11.5 Å². The van der Waals surface area contributed by atoms with Crippen LogP contribution >= 0.6 is 0 Å². The maximum absolute atomic E-state index is 13.5. The number of nitrogens with two attached hydrogens (primary N) is 2. The summed E-state index contributed by atoms with van der Waals surface area (Å²) in [5.74, 6) is -1.09. The fourth-order valence-corrected chi connectivity index (χ4v) is 5.40. The molecule has 4 rings (SSSR count). The van der Waals surface area contributed by atoms with Crippen molar-refractivity contribution in [2.45, 2.75) is 64.6 Å². The number of H-pyrrole nitrogens is 1. The highest BCUT2D eigenvalue weighted by atomic mass is 16.5. The number of imidazole rings is 1. The van der Waals surface area contributed by atoms with Crippen LogP contribution in [-0.2, 0) is 32.1 Å². The molecule has 1 saturated heterocycles. The molecule has 3 aromatic rings. The van der Waals surface area contributed by atoms with Crippen molar-refractivity contribution in [1.82, 2.24) is 29.3 Å². The summed E-state index contributed by atoms with van der Waals surface area (Å²) in [6.07, 6.45) is 3.01. The van der Waals surface area contributed by atoms with Crippen molar-refractivity contribution in [2.75, 3.05) is 39.1 Å². The lowest BCUT2D eigenvalue weighted by molar-refractivity contribution is -0.140. The second kappa shape index (κ2) is 14.1. The fraction of sp³-hybridized carbons (Fsp3) is 0.517. The van der Waals surface area contributed by atoms with Gasteiger partial charge in [-0.3, -0.25) is 23.9 Å². The Hall–Kier alpha value is -4.46. The number of aromatic amines is 1. The zero-order valence-corrected chi connectivity index (χ0v) is 24.9. The van der Waals surface area contributed by atoms with E-state index in [1.807, 2.05) is 38.1 Å². The van der Waals surface area contributed by atoms with E-state index < -0.39 is 23.7 Å². The minimum Gasteiger partial charge on any atom is -0.469 e. The molecule has 0 saturated carbocycles. The number of esters is 1. The lowest BCUT2D eigenvalue weighted by Crippen LogP contribution is -2.49. The van der Waals surface area contributed by atoms with Crippen molar-refractivity contribution in [3.05, 3.63) is 45.9 Å². The predicted octanol–water partition coefficient (Wildman–Crippen LogP) is 1.14. The average Bonchev–Trinajstić information content (AvgIpc) is 3.53. The third kappa shape index (κ3) is 7.31. The molecule has 1 aliphatic rings. The van der Waals surface area contributed by atoms with Crippen LogP contribution in [0, 0.1) is 0 Å². The number of likely N-dealkylation sites (tertiary alicyclic amines) is 1. The van der Waals surface area contributed by atoms with Crippen molar-refractivity contribution >= 4 is 34.8 Å². The molecule has 1 unspecified atom stereocenters. The molecule has 5 N–H and O–H groups in total. The molecule has 0 radical (unpaired) electrons. The first-order valence-electron chi connectivity index (χ1n) is 14.5. The third-order valence-electron chi connectivity index (χ3n) is 7.56. The normalized spacial score (nSPS) is 16.8. The van der Waals surface area contributed by atoms with E-state index in [0.717, 1.165) is 30.4 Å². The second-order valence-corrected chi connectivity index (χ2v) is 10.7. The summed E-state index contributed by atoms with van der Waals surface area (Å²) in [6, 6.07) is 5.87. The highest BCUT2D eigenvalue weighted by Crippen LogP contribution is 2.31. The van der Waals surface area contributed by atoms with Gasteiger partial charge in [0, 0.05) is 19.6 Å². The number of benzene rings is 1. The molecule has 1 fully saturated rings. The van der Waals surface area contributed by atoms with Crippen LogP contribution in [0.15, 0.2) is 29.1 Å². The molecular weight excluding hydrogens is 556 g/mol. The molecule has 2 amide bonds. The second-order valence-electron chi connectivity index (χ2n) is 10.7. The molecular formula is C29H40N8O6. The van der Waals surface area contributed by atoms with Crippen LogP contribution in [0.2, 0.25) is 0 Å². The van der Waals surface area contributed by atoms with Crippen LogP contribution in [0.3, 0.4) is 0 Å². The highest BCUT2D eigenvalue weighted by Gasteiger charge is 2.42. The van der Waals surface area contributed by atoms with Gasteiger partial charge in [0.1, 0.15) is 11.6 Å². The van der Waals surface area contributed by atoms with Gasteiger partial charge in [-0.15, -0.1) is 0 Å².